The zero-order chi connectivity index (χ0) is 12.7. The Kier molecular flexibility index (Phi) is 6.53. The number of rotatable bonds is 6. The number of carbonyl (C=O) groups is 1. The van der Waals surface area contributed by atoms with Gasteiger partial charge in [0.25, 0.3) is 0 Å². The van der Waals surface area contributed by atoms with E-state index in [4.69, 9.17) is 4.43 Å². The summed E-state index contributed by atoms with van der Waals surface area (Å²) in [4.78, 5) is 10.00. The van der Waals surface area contributed by atoms with E-state index in [1.54, 1.807) is 6.08 Å². The number of hydrogen-bond acceptors (Lipinski definition) is 2. The largest absolute Gasteiger partial charge is 0.417 e. The third-order valence-corrected chi connectivity index (χ3v) is 7.53. The summed E-state index contributed by atoms with van der Waals surface area (Å²) in [5.74, 6) is 0. The fourth-order valence-corrected chi connectivity index (χ4v) is 1.94. The van der Waals surface area contributed by atoms with Crippen molar-refractivity contribution in [2.45, 2.75) is 45.3 Å². The Bertz CT molecular complexity index is 260. The molecule has 0 unspecified atom stereocenters. The lowest BCUT2D eigenvalue weighted by atomic mass is 10.2. The number of hydrogen-bond donors (Lipinski definition) is 0. The van der Waals surface area contributed by atoms with Crippen LogP contribution in [0.1, 0.15) is 27.2 Å². The highest BCUT2D eigenvalue weighted by Gasteiger charge is 2.36. The van der Waals surface area contributed by atoms with Crippen molar-refractivity contribution in [2.75, 3.05) is 6.61 Å². The van der Waals surface area contributed by atoms with Crippen molar-refractivity contribution < 1.29 is 9.22 Å². The maximum atomic E-state index is 10.00. The summed E-state index contributed by atoms with van der Waals surface area (Å²) < 4.78 is 5.99. The molecule has 0 aromatic heterocycles. The smallest absolute Gasteiger partial charge is 0.191 e. The molecule has 2 nitrogen and oxygen atoms in total. The van der Waals surface area contributed by atoms with E-state index < -0.39 is 8.32 Å². The molecule has 3 heteroatoms. The third-order valence-electron chi connectivity index (χ3n) is 2.99. The van der Waals surface area contributed by atoms with Gasteiger partial charge in [-0.15, -0.1) is 0 Å². The maximum Gasteiger partial charge on any atom is 0.191 e. The van der Waals surface area contributed by atoms with E-state index in [1.807, 2.05) is 12.2 Å². The van der Waals surface area contributed by atoms with Gasteiger partial charge in [0.1, 0.15) is 6.29 Å². The van der Waals surface area contributed by atoms with E-state index >= 15 is 0 Å². The SMILES string of the molecule is CC(C)(C)[Si](C)(C)OCC/C=C/C=C/C=O. The van der Waals surface area contributed by atoms with E-state index in [2.05, 4.69) is 33.9 Å². The summed E-state index contributed by atoms with van der Waals surface area (Å²) in [6, 6.07) is 0. The standard InChI is InChI=1S/C13H24O2Si/c1-13(2,3)16(4,5)15-12-10-8-6-7-9-11-14/h6-9,11H,10,12H2,1-5H3/b8-6+,9-7+. The van der Waals surface area contributed by atoms with Gasteiger partial charge in [-0.25, -0.2) is 0 Å². The predicted molar refractivity (Wildman–Crippen MR) is 72.1 cm³/mol. The lowest BCUT2D eigenvalue weighted by molar-refractivity contribution is -0.104. The summed E-state index contributed by atoms with van der Waals surface area (Å²) in [7, 11) is -1.59. The second-order valence-electron chi connectivity index (χ2n) is 5.35. The van der Waals surface area contributed by atoms with Crippen molar-refractivity contribution >= 4 is 14.6 Å². The fourth-order valence-electron chi connectivity index (χ4n) is 0.883. The molecule has 0 fully saturated rings. The van der Waals surface area contributed by atoms with Gasteiger partial charge in [-0.2, -0.15) is 0 Å². The molecule has 92 valence electrons. The first kappa shape index (κ1) is 15.3. The van der Waals surface area contributed by atoms with E-state index in [-0.39, 0.29) is 5.04 Å². The number of allylic oxidation sites excluding steroid dienone is 3. The van der Waals surface area contributed by atoms with Crippen LogP contribution in [0.5, 0.6) is 0 Å². The van der Waals surface area contributed by atoms with E-state index in [0.717, 1.165) is 19.3 Å². The number of aldehydes is 1. The van der Waals surface area contributed by atoms with Gasteiger partial charge in [-0.05, 0) is 30.6 Å². The highest BCUT2D eigenvalue weighted by atomic mass is 28.4. The average Bonchev–Trinajstić information content (AvgIpc) is 2.14. The Balaban J connectivity index is 3.87. The Labute approximate surface area is 101 Å². The van der Waals surface area contributed by atoms with Crippen molar-refractivity contribution in [3.8, 4) is 0 Å². The van der Waals surface area contributed by atoms with Gasteiger partial charge >= 0.3 is 0 Å². The van der Waals surface area contributed by atoms with Gasteiger partial charge in [-0.3, -0.25) is 4.79 Å². The second kappa shape index (κ2) is 6.81. The van der Waals surface area contributed by atoms with Crippen molar-refractivity contribution in [1.29, 1.82) is 0 Å². The molecule has 0 aromatic carbocycles. The minimum atomic E-state index is -1.59. The van der Waals surface area contributed by atoms with Crippen molar-refractivity contribution in [1.82, 2.24) is 0 Å². The van der Waals surface area contributed by atoms with Crippen LogP contribution in [-0.2, 0) is 9.22 Å². The van der Waals surface area contributed by atoms with Gasteiger partial charge < -0.3 is 4.43 Å². The molecule has 16 heavy (non-hydrogen) atoms. The molecular weight excluding hydrogens is 216 g/mol. The molecule has 0 aliphatic carbocycles. The molecule has 0 aliphatic rings. The molecule has 0 rings (SSSR count). The minimum absolute atomic E-state index is 0.272. The normalized spacial score (nSPS) is 13.8. The first-order valence-electron chi connectivity index (χ1n) is 5.72. The molecule has 0 N–H and O–H groups in total. The molecular formula is C13H24O2Si. The van der Waals surface area contributed by atoms with Crippen LogP contribution >= 0.6 is 0 Å². The maximum absolute atomic E-state index is 10.00. The van der Waals surface area contributed by atoms with Gasteiger partial charge in [0.15, 0.2) is 8.32 Å². The zero-order valence-corrected chi connectivity index (χ0v) is 12.1. The molecule has 0 aliphatic heterocycles. The van der Waals surface area contributed by atoms with Crippen LogP contribution in [0.25, 0.3) is 0 Å². The molecule has 0 amide bonds. The lowest BCUT2D eigenvalue weighted by Crippen LogP contribution is -2.40. The topological polar surface area (TPSA) is 26.3 Å². The number of carbonyl (C=O) groups excluding carboxylic acids is 1. The Morgan fingerprint density at radius 3 is 2.25 bits per heavy atom. The van der Waals surface area contributed by atoms with Crippen LogP contribution in [0.4, 0.5) is 0 Å². The molecule has 0 heterocycles. The van der Waals surface area contributed by atoms with E-state index in [0.29, 0.717) is 0 Å². The van der Waals surface area contributed by atoms with Gasteiger partial charge in [0, 0.05) is 6.61 Å². The molecule has 0 spiro atoms. The van der Waals surface area contributed by atoms with Crippen molar-refractivity contribution in [3.05, 3.63) is 24.3 Å². The van der Waals surface area contributed by atoms with Crippen LogP contribution in [0.15, 0.2) is 24.3 Å². The van der Waals surface area contributed by atoms with Crippen molar-refractivity contribution in [3.63, 3.8) is 0 Å². The first-order valence-corrected chi connectivity index (χ1v) is 8.63. The summed E-state index contributed by atoms with van der Waals surface area (Å²) in [6.07, 6.45) is 8.78. The zero-order valence-electron chi connectivity index (χ0n) is 11.1. The van der Waals surface area contributed by atoms with Crippen LogP contribution in [0, 0.1) is 0 Å². The lowest BCUT2D eigenvalue weighted by Gasteiger charge is -2.36. The summed E-state index contributed by atoms with van der Waals surface area (Å²) in [5, 5.41) is 0.272. The van der Waals surface area contributed by atoms with Crippen LogP contribution in [-0.4, -0.2) is 21.2 Å². The monoisotopic (exact) mass is 240 g/mol. The molecule has 0 saturated heterocycles. The molecule has 0 aromatic rings. The predicted octanol–water partition coefficient (Wildman–Crippen LogP) is 3.71. The third kappa shape index (κ3) is 6.03. The minimum Gasteiger partial charge on any atom is -0.417 e. The van der Waals surface area contributed by atoms with Crippen molar-refractivity contribution in [2.24, 2.45) is 0 Å². The highest BCUT2D eigenvalue weighted by Crippen LogP contribution is 2.36. The quantitative estimate of drug-likeness (QED) is 0.233. The van der Waals surface area contributed by atoms with Gasteiger partial charge in [0.05, 0.1) is 0 Å². The fraction of sp³-hybridized carbons (Fsp3) is 0.615. The van der Waals surface area contributed by atoms with Gasteiger partial charge in [0.2, 0.25) is 0 Å². The summed E-state index contributed by atoms with van der Waals surface area (Å²) in [6.45, 7) is 12.0. The average molecular weight is 240 g/mol. The van der Waals surface area contributed by atoms with Crippen LogP contribution in [0.3, 0.4) is 0 Å². The highest BCUT2D eigenvalue weighted by molar-refractivity contribution is 6.74. The van der Waals surface area contributed by atoms with E-state index in [9.17, 15) is 4.79 Å². The van der Waals surface area contributed by atoms with E-state index in [1.165, 1.54) is 6.08 Å². The summed E-state index contributed by atoms with van der Waals surface area (Å²) in [5.41, 5.74) is 0. The Morgan fingerprint density at radius 1 is 1.12 bits per heavy atom. The molecule has 0 bridgehead atoms. The molecule has 0 radical (unpaired) electrons. The van der Waals surface area contributed by atoms with Gasteiger partial charge in [-0.1, -0.05) is 39.0 Å². The summed E-state index contributed by atoms with van der Waals surface area (Å²) >= 11 is 0. The Hall–Kier alpha value is -0.673. The molecule has 0 saturated carbocycles. The second-order valence-corrected chi connectivity index (χ2v) is 10.2. The molecule has 0 atom stereocenters. The Morgan fingerprint density at radius 2 is 1.75 bits per heavy atom. The first-order chi connectivity index (χ1) is 7.31. The van der Waals surface area contributed by atoms with Crippen LogP contribution in [0.2, 0.25) is 18.1 Å². The van der Waals surface area contributed by atoms with Crippen LogP contribution < -0.4 is 0 Å².